The quantitative estimate of drug-likeness (QED) is 0.750. The van der Waals surface area contributed by atoms with Gasteiger partial charge >= 0.3 is 5.97 Å². The maximum absolute atomic E-state index is 12.4. The fourth-order valence-corrected chi connectivity index (χ4v) is 2.52. The van der Waals surface area contributed by atoms with Crippen LogP contribution >= 0.6 is 0 Å². The van der Waals surface area contributed by atoms with Crippen molar-refractivity contribution < 1.29 is 19.4 Å². The molecular formula is C20H24N2O4. The minimum Gasteiger partial charge on any atom is -0.497 e. The summed E-state index contributed by atoms with van der Waals surface area (Å²) < 4.78 is 5.07. The fraction of sp³-hybridized carbons (Fsp3) is 0.300. The lowest BCUT2D eigenvalue weighted by Crippen LogP contribution is -2.20. The van der Waals surface area contributed by atoms with Crippen molar-refractivity contribution in [3.05, 3.63) is 53.6 Å². The summed E-state index contributed by atoms with van der Waals surface area (Å²) in [5, 5.41) is 12.2. The Labute approximate surface area is 153 Å². The number of anilines is 2. The lowest BCUT2D eigenvalue weighted by Gasteiger charge is -2.20. The molecule has 0 aliphatic rings. The van der Waals surface area contributed by atoms with E-state index in [1.54, 1.807) is 43.5 Å². The van der Waals surface area contributed by atoms with E-state index in [0.717, 1.165) is 25.1 Å². The van der Waals surface area contributed by atoms with Crippen LogP contribution in [0.3, 0.4) is 0 Å². The van der Waals surface area contributed by atoms with E-state index in [9.17, 15) is 14.7 Å². The highest BCUT2D eigenvalue weighted by Gasteiger charge is 2.15. The molecule has 0 fully saturated rings. The molecule has 0 aliphatic carbocycles. The SMILES string of the molecule is CCCCN(C)c1ccc(NC(=O)c2ccc(OC)cc2)c(C(=O)O)c1. The number of rotatable bonds is 8. The van der Waals surface area contributed by atoms with Gasteiger partial charge in [0, 0.05) is 24.8 Å². The largest absolute Gasteiger partial charge is 0.497 e. The zero-order chi connectivity index (χ0) is 19.1. The van der Waals surface area contributed by atoms with E-state index in [2.05, 4.69) is 12.2 Å². The molecule has 0 saturated carbocycles. The zero-order valence-electron chi connectivity index (χ0n) is 15.3. The number of aromatic carboxylic acids is 1. The van der Waals surface area contributed by atoms with E-state index in [1.807, 2.05) is 18.0 Å². The fourth-order valence-electron chi connectivity index (χ4n) is 2.52. The predicted molar refractivity (Wildman–Crippen MR) is 103 cm³/mol. The van der Waals surface area contributed by atoms with Crippen LogP contribution in [-0.4, -0.2) is 37.7 Å². The van der Waals surface area contributed by atoms with Crippen LogP contribution in [0.1, 0.15) is 40.5 Å². The van der Waals surface area contributed by atoms with Crippen molar-refractivity contribution in [1.82, 2.24) is 0 Å². The van der Waals surface area contributed by atoms with E-state index in [1.165, 1.54) is 0 Å². The molecule has 0 aromatic heterocycles. The highest BCUT2D eigenvalue weighted by Crippen LogP contribution is 2.24. The van der Waals surface area contributed by atoms with Gasteiger partial charge in [0.25, 0.3) is 5.91 Å². The molecular weight excluding hydrogens is 332 g/mol. The average molecular weight is 356 g/mol. The Hall–Kier alpha value is -3.02. The van der Waals surface area contributed by atoms with Crippen LogP contribution in [0.5, 0.6) is 5.75 Å². The van der Waals surface area contributed by atoms with Crippen LogP contribution in [0.4, 0.5) is 11.4 Å². The Balaban J connectivity index is 2.22. The van der Waals surface area contributed by atoms with Crippen LogP contribution in [0.2, 0.25) is 0 Å². The third-order valence-corrected chi connectivity index (χ3v) is 4.12. The molecule has 6 nitrogen and oxygen atoms in total. The number of carboxylic acid groups (broad SMARTS) is 1. The molecule has 2 rings (SSSR count). The van der Waals surface area contributed by atoms with Crippen molar-refractivity contribution in [3.8, 4) is 5.75 Å². The number of hydrogen-bond donors (Lipinski definition) is 2. The number of nitrogens with one attached hydrogen (secondary N) is 1. The van der Waals surface area contributed by atoms with Gasteiger partial charge in [-0.05, 0) is 48.9 Å². The number of amides is 1. The lowest BCUT2D eigenvalue weighted by atomic mass is 10.1. The summed E-state index contributed by atoms with van der Waals surface area (Å²) >= 11 is 0. The van der Waals surface area contributed by atoms with Crippen molar-refractivity contribution in [1.29, 1.82) is 0 Å². The van der Waals surface area contributed by atoms with Crippen molar-refractivity contribution in [3.63, 3.8) is 0 Å². The highest BCUT2D eigenvalue weighted by molar-refractivity contribution is 6.08. The molecule has 0 unspecified atom stereocenters. The molecule has 0 bridgehead atoms. The van der Waals surface area contributed by atoms with Crippen molar-refractivity contribution in [2.75, 3.05) is 30.9 Å². The van der Waals surface area contributed by atoms with Gasteiger partial charge in [-0.15, -0.1) is 0 Å². The van der Waals surface area contributed by atoms with Crippen LogP contribution < -0.4 is 15.0 Å². The average Bonchev–Trinajstić information content (AvgIpc) is 2.66. The summed E-state index contributed by atoms with van der Waals surface area (Å²) in [4.78, 5) is 26.0. The molecule has 0 radical (unpaired) electrons. The van der Waals surface area contributed by atoms with E-state index < -0.39 is 5.97 Å². The summed E-state index contributed by atoms with van der Waals surface area (Å²) in [7, 11) is 3.47. The third-order valence-electron chi connectivity index (χ3n) is 4.12. The van der Waals surface area contributed by atoms with Crippen LogP contribution in [0.15, 0.2) is 42.5 Å². The van der Waals surface area contributed by atoms with Crippen molar-refractivity contribution in [2.45, 2.75) is 19.8 Å². The van der Waals surface area contributed by atoms with Gasteiger partial charge < -0.3 is 20.1 Å². The summed E-state index contributed by atoms with van der Waals surface area (Å²) in [5.41, 5.74) is 1.56. The second kappa shape index (κ2) is 8.89. The van der Waals surface area contributed by atoms with E-state index >= 15 is 0 Å². The first-order valence-electron chi connectivity index (χ1n) is 8.50. The Morgan fingerprint density at radius 3 is 2.42 bits per heavy atom. The molecule has 0 heterocycles. The summed E-state index contributed by atoms with van der Waals surface area (Å²) in [5.74, 6) is -0.810. The second-order valence-corrected chi connectivity index (χ2v) is 5.99. The van der Waals surface area contributed by atoms with Gasteiger partial charge in [-0.25, -0.2) is 4.79 Å². The van der Waals surface area contributed by atoms with Gasteiger partial charge in [0.1, 0.15) is 5.75 Å². The smallest absolute Gasteiger partial charge is 0.337 e. The number of unbranched alkanes of at least 4 members (excludes halogenated alkanes) is 1. The Kier molecular flexibility index (Phi) is 6.60. The maximum Gasteiger partial charge on any atom is 0.337 e. The first kappa shape index (κ1) is 19.3. The van der Waals surface area contributed by atoms with Crippen LogP contribution in [0, 0.1) is 0 Å². The molecule has 2 aromatic rings. The lowest BCUT2D eigenvalue weighted by molar-refractivity contribution is 0.0698. The van der Waals surface area contributed by atoms with Gasteiger partial charge in [-0.1, -0.05) is 13.3 Å². The molecule has 1 amide bonds. The molecule has 26 heavy (non-hydrogen) atoms. The standard InChI is InChI=1S/C20H24N2O4/c1-4-5-12-22(2)15-8-11-18(17(13-15)20(24)25)21-19(23)14-6-9-16(26-3)10-7-14/h6-11,13H,4-5,12H2,1-3H3,(H,21,23)(H,24,25). The van der Waals surface area contributed by atoms with Crippen LogP contribution in [0.25, 0.3) is 0 Å². The van der Waals surface area contributed by atoms with Gasteiger partial charge in [0.2, 0.25) is 0 Å². The number of nitrogens with zero attached hydrogens (tertiary/aromatic N) is 1. The topological polar surface area (TPSA) is 78.9 Å². The number of carbonyl (C=O) groups is 2. The van der Waals surface area contributed by atoms with Gasteiger partial charge in [0.15, 0.2) is 0 Å². The molecule has 0 atom stereocenters. The summed E-state index contributed by atoms with van der Waals surface area (Å²) in [6.07, 6.45) is 2.08. The number of benzene rings is 2. The second-order valence-electron chi connectivity index (χ2n) is 5.99. The molecule has 2 N–H and O–H groups in total. The van der Waals surface area contributed by atoms with E-state index in [-0.39, 0.29) is 17.2 Å². The van der Waals surface area contributed by atoms with Gasteiger partial charge in [0.05, 0.1) is 18.4 Å². The minimum absolute atomic E-state index is 0.0627. The van der Waals surface area contributed by atoms with Gasteiger partial charge in [-0.3, -0.25) is 4.79 Å². The number of methoxy groups -OCH3 is 1. The van der Waals surface area contributed by atoms with E-state index in [0.29, 0.717) is 11.3 Å². The number of hydrogen-bond acceptors (Lipinski definition) is 4. The van der Waals surface area contributed by atoms with Crippen molar-refractivity contribution >= 4 is 23.3 Å². The molecule has 0 spiro atoms. The summed E-state index contributed by atoms with van der Waals surface area (Å²) in [6.45, 7) is 2.95. The molecule has 0 saturated heterocycles. The van der Waals surface area contributed by atoms with Crippen LogP contribution in [-0.2, 0) is 0 Å². The Morgan fingerprint density at radius 1 is 1.15 bits per heavy atom. The Morgan fingerprint density at radius 2 is 1.85 bits per heavy atom. The first-order valence-corrected chi connectivity index (χ1v) is 8.50. The molecule has 0 aliphatic heterocycles. The normalized spacial score (nSPS) is 10.3. The minimum atomic E-state index is -1.08. The third kappa shape index (κ3) is 4.75. The van der Waals surface area contributed by atoms with Crippen molar-refractivity contribution in [2.24, 2.45) is 0 Å². The monoisotopic (exact) mass is 356 g/mol. The number of carboxylic acids is 1. The molecule has 6 heteroatoms. The highest BCUT2D eigenvalue weighted by atomic mass is 16.5. The van der Waals surface area contributed by atoms with E-state index in [4.69, 9.17) is 4.74 Å². The first-order chi connectivity index (χ1) is 12.5. The summed E-state index contributed by atoms with van der Waals surface area (Å²) in [6, 6.07) is 11.6. The Bertz CT molecular complexity index is 772. The number of ether oxygens (including phenoxy) is 1. The zero-order valence-corrected chi connectivity index (χ0v) is 15.3. The molecule has 138 valence electrons. The molecule has 2 aromatic carbocycles. The maximum atomic E-state index is 12.4. The number of carbonyl (C=O) groups excluding carboxylic acids is 1. The predicted octanol–water partition coefficient (Wildman–Crippen LogP) is 3.88. The van der Waals surface area contributed by atoms with Gasteiger partial charge in [-0.2, -0.15) is 0 Å².